The summed E-state index contributed by atoms with van der Waals surface area (Å²) in [6.45, 7) is 0.312. The zero-order valence-electron chi connectivity index (χ0n) is 15.3. The van der Waals surface area contributed by atoms with E-state index in [2.05, 4.69) is 10.3 Å². The van der Waals surface area contributed by atoms with Crippen LogP contribution in [-0.4, -0.2) is 30.5 Å². The van der Waals surface area contributed by atoms with Crippen LogP contribution in [0.4, 0.5) is 11.4 Å². The molecular weight excluding hydrogens is 358 g/mol. The molecule has 7 nitrogen and oxygen atoms in total. The Morgan fingerprint density at radius 3 is 2.89 bits per heavy atom. The van der Waals surface area contributed by atoms with Crippen LogP contribution >= 0.6 is 0 Å². The Kier molecular flexibility index (Phi) is 4.80. The average molecular weight is 377 g/mol. The van der Waals surface area contributed by atoms with Crippen molar-refractivity contribution in [3.8, 4) is 17.1 Å². The summed E-state index contributed by atoms with van der Waals surface area (Å²) >= 11 is 0. The summed E-state index contributed by atoms with van der Waals surface area (Å²) in [6, 6.07) is 14.6. The summed E-state index contributed by atoms with van der Waals surface area (Å²) in [5.41, 5.74) is 2.13. The van der Waals surface area contributed by atoms with Gasteiger partial charge in [-0.2, -0.15) is 0 Å². The van der Waals surface area contributed by atoms with Crippen molar-refractivity contribution in [3.63, 3.8) is 0 Å². The van der Waals surface area contributed by atoms with Crippen molar-refractivity contribution < 1.29 is 18.7 Å². The van der Waals surface area contributed by atoms with Crippen molar-refractivity contribution in [3.05, 3.63) is 61.1 Å². The zero-order chi connectivity index (χ0) is 19.5. The topological polar surface area (TPSA) is 84.7 Å². The Hall–Kier alpha value is -3.61. The molecule has 1 aromatic heterocycles. The van der Waals surface area contributed by atoms with Gasteiger partial charge in [-0.3, -0.25) is 9.59 Å². The number of para-hydroxylation sites is 2. The van der Waals surface area contributed by atoms with Gasteiger partial charge < -0.3 is 19.4 Å². The van der Waals surface area contributed by atoms with Gasteiger partial charge in [-0.15, -0.1) is 0 Å². The molecule has 0 bridgehead atoms. The van der Waals surface area contributed by atoms with Gasteiger partial charge in [0, 0.05) is 24.2 Å². The Bertz CT molecular complexity index is 1000. The van der Waals surface area contributed by atoms with Crippen LogP contribution in [0, 0.1) is 5.92 Å². The normalized spacial score (nSPS) is 16.2. The Labute approximate surface area is 161 Å². The van der Waals surface area contributed by atoms with Gasteiger partial charge in [0.15, 0.2) is 12.2 Å². The third-order valence-electron chi connectivity index (χ3n) is 4.72. The highest BCUT2D eigenvalue weighted by Gasteiger charge is 2.36. The van der Waals surface area contributed by atoms with E-state index in [1.165, 1.54) is 6.39 Å². The molecule has 3 aromatic rings. The summed E-state index contributed by atoms with van der Waals surface area (Å²) < 4.78 is 10.6. The summed E-state index contributed by atoms with van der Waals surface area (Å²) in [5.74, 6) is 0.498. The fraction of sp³-hybridized carbons (Fsp3) is 0.190. The van der Waals surface area contributed by atoms with Crippen molar-refractivity contribution >= 4 is 23.2 Å². The number of amides is 2. The van der Waals surface area contributed by atoms with E-state index in [0.29, 0.717) is 29.4 Å². The Morgan fingerprint density at radius 1 is 1.25 bits per heavy atom. The maximum absolute atomic E-state index is 12.7. The summed E-state index contributed by atoms with van der Waals surface area (Å²) in [4.78, 5) is 30.7. The Morgan fingerprint density at radius 2 is 2.11 bits per heavy atom. The van der Waals surface area contributed by atoms with E-state index in [-0.39, 0.29) is 18.2 Å². The molecule has 0 saturated carbocycles. The van der Waals surface area contributed by atoms with E-state index >= 15 is 0 Å². The van der Waals surface area contributed by atoms with Crippen LogP contribution in [0.2, 0.25) is 0 Å². The molecule has 1 fully saturated rings. The van der Waals surface area contributed by atoms with Crippen molar-refractivity contribution in [2.24, 2.45) is 5.92 Å². The number of carbonyl (C=O) groups is 2. The lowest BCUT2D eigenvalue weighted by Crippen LogP contribution is -2.28. The van der Waals surface area contributed by atoms with Crippen LogP contribution in [0.1, 0.15) is 6.42 Å². The summed E-state index contributed by atoms with van der Waals surface area (Å²) in [7, 11) is 1.56. The predicted octanol–water partition coefficient (Wildman–Crippen LogP) is 3.34. The standard InChI is InChI=1S/C21H19N3O4/c1-27-18-8-3-2-7-17(18)24-12-15(10-20(24)25)21(26)23-16-6-4-5-14(9-16)19-11-22-13-28-19/h2-9,11,13,15H,10,12H2,1H3,(H,23,26). The van der Waals surface area contributed by atoms with Crippen LogP contribution in [-0.2, 0) is 9.59 Å². The fourth-order valence-electron chi connectivity index (χ4n) is 3.32. The van der Waals surface area contributed by atoms with Gasteiger partial charge in [-0.05, 0) is 24.3 Å². The SMILES string of the molecule is COc1ccccc1N1CC(C(=O)Nc2cccc(-c3cnco3)c2)CC1=O. The van der Waals surface area contributed by atoms with Crippen molar-refractivity contribution in [1.82, 2.24) is 4.98 Å². The summed E-state index contributed by atoms with van der Waals surface area (Å²) in [6.07, 6.45) is 3.13. The van der Waals surface area contributed by atoms with Crippen molar-refractivity contribution in [1.29, 1.82) is 0 Å². The number of hydrogen-bond donors (Lipinski definition) is 1. The van der Waals surface area contributed by atoms with Crippen molar-refractivity contribution in [2.75, 3.05) is 23.9 Å². The number of nitrogens with one attached hydrogen (secondary N) is 1. The maximum Gasteiger partial charge on any atom is 0.229 e. The highest BCUT2D eigenvalue weighted by molar-refractivity contribution is 6.04. The van der Waals surface area contributed by atoms with E-state index in [1.807, 2.05) is 36.4 Å². The number of carbonyl (C=O) groups excluding carboxylic acids is 2. The molecule has 2 amide bonds. The molecule has 1 unspecified atom stereocenters. The maximum atomic E-state index is 12.7. The number of methoxy groups -OCH3 is 1. The smallest absolute Gasteiger partial charge is 0.229 e. The molecule has 0 aliphatic carbocycles. The van der Waals surface area contributed by atoms with Crippen molar-refractivity contribution in [2.45, 2.75) is 6.42 Å². The molecule has 0 radical (unpaired) electrons. The highest BCUT2D eigenvalue weighted by atomic mass is 16.5. The van der Waals surface area contributed by atoms with E-state index in [9.17, 15) is 9.59 Å². The first-order chi connectivity index (χ1) is 13.7. The monoisotopic (exact) mass is 377 g/mol. The second-order valence-electron chi connectivity index (χ2n) is 6.51. The minimum absolute atomic E-state index is 0.0972. The molecule has 142 valence electrons. The van der Waals surface area contributed by atoms with Gasteiger partial charge >= 0.3 is 0 Å². The highest BCUT2D eigenvalue weighted by Crippen LogP contribution is 2.33. The van der Waals surface area contributed by atoms with Crippen LogP contribution in [0.15, 0.2) is 65.5 Å². The van der Waals surface area contributed by atoms with Gasteiger partial charge in [0.1, 0.15) is 5.75 Å². The van der Waals surface area contributed by atoms with E-state index in [1.54, 1.807) is 30.3 Å². The number of anilines is 2. The molecular formula is C21H19N3O4. The predicted molar refractivity (Wildman–Crippen MR) is 104 cm³/mol. The fourth-order valence-corrected chi connectivity index (χ4v) is 3.32. The lowest BCUT2D eigenvalue weighted by Gasteiger charge is -2.19. The number of rotatable bonds is 5. The molecule has 1 aliphatic rings. The first-order valence-electron chi connectivity index (χ1n) is 8.89. The minimum Gasteiger partial charge on any atom is -0.495 e. The number of oxazole rings is 1. The number of benzene rings is 2. The number of hydrogen-bond acceptors (Lipinski definition) is 5. The van der Waals surface area contributed by atoms with E-state index in [4.69, 9.17) is 9.15 Å². The molecule has 2 aromatic carbocycles. The largest absolute Gasteiger partial charge is 0.495 e. The summed E-state index contributed by atoms with van der Waals surface area (Å²) in [5, 5.41) is 2.90. The third kappa shape index (κ3) is 3.46. The van der Waals surface area contributed by atoms with Crippen LogP contribution in [0.5, 0.6) is 5.75 Å². The van der Waals surface area contributed by atoms with Gasteiger partial charge in [0.05, 0.1) is 24.9 Å². The van der Waals surface area contributed by atoms with Crippen LogP contribution < -0.4 is 15.0 Å². The van der Waals surface area contributed by atoms with Crippen LogP contribution in [0.25, 0.3) is 11.3 Å². The second kappa shape index (κ2) is 7.56. The molecule has 4 rings (SSSR count). The molecule has 1 saturated heterocycles. The molecule has 7 heteroatoms. The molecule has 1 atom stereocenters. The van der Waals surface area contributed by atoms with Gasteiger partial charge in [0.2, 0.25) is 11.8 Å². The third-order valence-corrected chi connectivity index (χ3v) is 4.72. The average Bonchev–Trinajstić information content (AvgIpc) is 3.38. The quantitative estimate of drug-likeness (QED) is 0.737. The van der Waals surface area contributed by atoms with Gasteiger partial charge in [-0.1, -0.05) is 24.3 Å². The number of nitrogens with zero attached hydrogens (tertiary/aromatic N) is 2. The van der Waals surface area contributed by atoms with Crippen LogP contribution in [0.3, 0.4) is 0 Å². The Balaban J connectivity index is 1.48. The molecule has 0 spiro atoms. The molecule has 1 aliphatic heterocycles. The number of aromatic nitrogens is 1. The number of ether oxygens (including phenoxy) is 1. The molecule has 2 heterocycles. The molecule has 1 N–H and O–H groups in total. The first kappa shape index (κ1) is 17.8. The van der Waals surface area contributed by atoms with E-state index in [0.717, 1.165) is 5.56 Å². The lowest BCUT2D eigenvalue weighted by atomic mass is 10.1. The first-order valence-corrected chi connectivity index (χ1v) is 8.89. The lowest BCUT2D eigenvalue weighted by molar-refractivity contribution is -0.122. The minimum atomic E-state index is -0.439. The zero-order valence-corrected chi connectivity index (χ0v) is 15.3. The van der Waals surface area contributed by atoms with E-state index < -0.39 is 5.92 Å². The second-order valence-corrected chi connectivity index (χ2v) is 6.51. The van der Waals surface area contributed by atoms with Gasteiger partial charge in [-0.25, -0.2) is 4.98 Å². The molecule has 28 heavy (non-hydrogen) atoms. The van der Waals surface area contributed by atoms with Gasteiger partial charge in [0.25, 0.3) is 0 Å².